The number of ether oxygens (including phenoxy) is 4. The second kappa shape index (κ2) is 8.75. The molecule has 2 aliphatic rings. The van der Waals surface area contributed by atoms with Crippen molar-refractivity contribution in [3.63, 3.8) is 0 Å². The topological polar surface area (TPSA) is 76.3 Å². The van der Waals surface area contributed by atoms with Gasteiger partial charge in [-0.3, -0.25) is 4.90 Å². The standard InChI is InChI=1S/C24H25ClN2O5/c1-3-29-23-22(32-23)27-12-11-17-18-13-15(25)7-10-19(18)26-20(17)21(27)14-5-8-16(9-6-14)31-24(28)30-4-2/h5-10,13,21-23,26H,3-4,11-12H2,1-2H3. The van der Waals surface area contributed by atoms with Crippen LogP contribution in [0.2, 0.25) is 5.02 Å². The maximum atomic E-state index is 11.6. The second-order valence-electron chi connectivity index (χ2n) is 7.80. The average Bonchev–Trinajstić information content (AvgIpc) is 3.45. The Bertz CT molecular complexity index is 1130. The number of halogens is 1. The lowest BCUT2D eigenvalue weighted by Crippen LogP contribution is -2.39. The van der Waals surface area contributed by atoms with Crippen LogP contribution in [0.25, 0.3) is 10.9 Å². The first-order chi connectivity index (χ1) is 15.6. The van der Waals surface area contributed by atoms with Gasteiger partial charge >= 0.3 is 6.16 Å². The molecule has 3 aromatic rings. The van der Waals surface area contributed by atoms with Crippen molar-refractivity contribution < 1.29 is 23.7 Å². The normalized spacial score (nSPS) is 22.5. The Labute approximate surface area is 191 Å². The summed E-state index contributed by atoms with van der Waals surface area (Å²) >= 11 is 6.28. The molecule has 32 heavy (non-hydrogen) atoms. The number of carbonyl (C=O) groups is 1. The molecule has 5 rings (SSSR count). The summed E-state index contributed by atoms with van der Waals surface area (Å²) in [5.74, 6) is 0.438. The summed E-state index contributed by atoms with van der Waals surface area (Å²) in [4.78, 5) is 17.6. The number of hydrogen-bond donors (Lipinski definition) is 1. The average molecular weight is 457 g/mol. The molecule has 3 heterocycles. The summed E-state index contributed by atoms with van der Waals surface area (Å²) in [5.41, 5.74) is 4.51. The van der Waals surface area contributed by atoms with E-state index in [0.717, 1.165) is 40.1 Å². The molecule has 1 saturated heterocycles. The van der Waals surface area contributed by atoms with Crippen molar-refractivity contribution in [3.05, 3.63) is 64.3 Å². The number of rotatable bonds is 6. The van der Waals surface area contributed by atoms with E-state index in [2.05, 4.69) is 9.88 Å². The van der Waals surface area contributed by atoms with Crippen molar-refractivity contribution >= 4 is 28.7 Å². The van der Waals surface area contributed by atoms with Gasteiger partial charge in [-0.25, -0.2) is 4.79 Å². The minimum absolute atomic E-state index is 0.0583. The lowest BCUT2D eigenvalue weighted by Gasteiger charge is -2.35. The third-order valence-electron chi connectivity index (χ3n) is 5.87. The largest absolute Gasteiger partial charge is 0.513 e. The zero-order valence-corrected chi connectivity index (χ0v) is 18.7. The third kappa shape index (κ3) is 3.97. The summed E-state index contributed by atoms with van der Waals surface area (Å²) in [6.45, 7) is 5.41. The SMILES string of the molecule is CCOC(=O)Oc1ccc(C2c3[nH]c4ccc(Cl)cc4c3CCN2C2OC2OCC)cc1. The maximum Gasteiger partial charge on any atom is 0.513 e. The molecular weight excluding hydrogens is 432 g/mol. The molecule has 0 spiro atoms. The van der Waals surface area contributed by atoms with Crippen LogP contribution in [-0.4, -0.2) is 48.3 Å². The van der Waals surface area contributed by atoms with Gasteiger partial charge in [0.15, 0.2) is 12.5 Å². The van der Waals surface area contributed by atoms with Gasteiger partial charge in [-0.05, 0) is 61.7 Å². The van der Waals surface area contributed by atoms with Gasteiger partial charge in [-0.2, -0.15) is 0 Å². The molecule has 0 saturated carbocycles. The van der Waals surface area contributed by atoms with Gasteiger partial charge < -0.3 is 23.9 Å². The van der Waals surface area contributed by atoms with E-state index in [9.17, 15) is 4.79 Å². The number of epoxide rings is 1. The molecular formula is C24H25ClN2O5. The van der Waals surface area contributed by atoms with E-state index in [0.29, 0.717) is 12.4 Å². The smallest absolute Gasteiger partial charge is 0.434 e. The molecule has 1 N–H and O–H groups in total. The van der Waals surface area contributed by atoms with Gasteiger partial charge in [0.05, 0.1) is 12.6 Å². The molecule has 1 aromatic heterocycles. The van der Waals surface area contributed by atoms with Gasteiger partial charge in [0.1, 0.15) is 5.75 Å². The number of nitrogens with one attached hydrogen (secondary N) is 1. The van der Waals surface area contributed by atoms with Crippen LogP contribution in [-0.2, 0) is 20.6 Å². The molecule has 1 fully saturated rings. The molecule has 0 radical (unpaired) electrons. The summed E-state index contributed by atoms with van der Waals surface area (Å²) in [6.07, 6.45) is -0.136. The quantitative estimate of drug-likeness (QED) is 0.319. The molecule has 0 amide bonds. The van der Waals surface area contributed by atoms with Crippen LogP contribution >= 0.6 is 11.6 Å². The predicted molar refractivity (Wildman–Crippen MR) is 120 cm³/mol. The van der Waals surface area contributed by atoms with Crippen LogP contribution in [0.15, 0.2) is 42.5 Å². The van der Waals surface area contributed by atoms with Gasteiger partial charge in [0, 0.05) is 34.8 Å². The fraction of sp³-hybridized carbons (Fsp3) is 0.375. The Balaban J connectivity index is 1.50. The fourth-order valence-corrected chi connectivity index (χ4v) is 4.66. The number of hydrogen-bond acceptors (Lipinski definition) is 6. The first-order valence-corrected chi connectivity index (χ1v) is 11.2. The summed E-state index contributed by atoms with van der Waals surface area (Å²) in [7, 11) is 0. The van der Waals surface area contributed by atoms with Crippen molar-refractivity contribution in [3.8, 4) is 5.75 Å². The highest BCUT2D eigenvalue weighted by Crippen LogP contribution is 2.44. The molecule has 0 aliphatic carbocycles. The van der Waals surface area contributed by atoms with E-state index in [4.69, 9.17) is 30.5 Å². The van der Waals surface area contributed by atoms with Gasteiger partial charge in [-0.1, -0.05) is 23.7 Å². The Morgan fingerprint density at radius 3 is 2.75 bits per heavy atom. The second-order valence-corrected chi connectivity index (χ2v) is 8.24. The van der Waals surface area contributed by atoms with Crippen molar-refractivity contribution in [2.45, 2.75) is 38.8 Å². The monoisotopic (exact) mass is 456 g/mol. The van der Waals surface area contributed by atoms with Crippen molar-refractivity contribution in [2.24, 2.45) is 0 Å². The van der Waals surface area contributed by atoms with Crippen molar-refractivity contribution in [1.82, 2.24) is 9.88 Å². The van der Waals surface area contributed by atoms with E-state index in [-0.39, 0.29) is 25.2 Å². The van der Waals surface area contributed by atoms with Crippen LogP contribution in [0, 0.1) is 0 Å². The van der Waals surface area contributed by atoms with Crippen molar-refractivity contribution in [1.29, 1.82) is 0 Å². The molecule has 8 heteroatoms. The van der Waals surface area contributed by atoms with Crippen molar-refractivity contribution in [2.75, 3.05) is 19.8 Å². The third-order valence-corrected chi connectivity index (χ3v) is 6.11. The van der Waals surface area contributed by atoms with Crippen LogP contribution in [0.1, 0.15) is 36.7 Å². The first kappa shape index (κ1) is 21.3. The molecule has 168 valence electrons. The number of carbonyl (C=O) groups excluding carboxylic acids is 1. The molecule has 7 nitrogen and oxygen atoms in total. The predicted octanol–water partition coefficient (Wildman–Crippen LogP) is 5.02. The minimum Gasteiger partial charge on any atom is -0.434 e. The molecule has 3 unspecified atom stereocenters. The van der Waals surface area contributed by atoms with Gasteiger partial charge in [-0.15, -0.1) is 0 Å². The zero-order chi connectivity index (χ0) is 22.2. The molecule has 3 atom stereocenters. The summed E-state index contributed by atoms with van der Waals surface area (Å²) in [5, 5.41) is 1.87. The highest BCUT2D eigenvalue weighted by Gasteiger charge is 2.49. The maximum absolute atomic E-state index is 11.6. The molecule has 2 aromatic carbocycles. The lowest BCUT2D eigenvalue weighted by molar-refractivity contribution is 0.0590. The Hall–Kier alpha value is -2.58. The van der Waals surface area contributed by atoms with Crippen LogP contribution in [0.4, 0.5) is 4.79 Å². The van der Waals surface area contributed by atoms with Crippen LogP contribution < -0.4 is 4.74 Å². The number of fused-ring (bicyclic) bond motifs is 3. The van der Waals surface area contributed by atoms with Crippen LogP contribution in [0.5, 0.6) is 5.75 Å². The summed E-state index contributed by atoms with van der Waals surface area (Å²) in [6, 6.07) is 13.4. The highest BCUT2D eigenvalue weighted by molar-refractivity contribution is 6.31. The van der Waals surface area contributed by atoms with Gasteiger partial charge in [0.25, 0.3) is 0 Å². The zero-order valence-electron chi connectivity index (χ0n) is 18.0. The first-order valence-electron chi connectivity index (χ1n) is 10.9. The molecule has 0 bridgehead atoms. The Morgan fingerprint density at radius 2 is 2.00 bits per heavy atom. The van der Waals surface area contributed by atoms with E-state index >= 15 is 0 Å². The van der Waals surface area contributed by atoms with E-state index in [1.54, 1.807) is 19.1 Å². The molecule has 2 aliphatic heterocycles. The van der Waals surface area contributed by atoms with E-state index in [1.165, 1.54) is 5.56 Å². The number of benzene rings is 2. The highest BCUT2D eigenvalue weighted by atomic mass is 35.5. The van der Waals surface area contributed by atoms with E-state index < -0.39 is 6.16 Å². The Kier molecular flexibility index (Phi) is 5.82. The number of aromatic nitrogens is 1. The van der Waals surface area contributed by atoms with Gasteiger partial charge in [0.2, 0.25) is 0 Å². The number of H-pyrrole nitrogens is 1. The fourth-order valence-electron chi connectivity index (χ4n) is 4.49. The number of nitrogens with zero attached hydrogens (tertiary/aromatic N) is 1. The van der Waals surface area contributed by atoms with E-state index in [1.807, 2.05) is 37.3 Å². The Morgan fingerprint density at radius 1 is 1.19 bits per heavy atom. The lowest BCUT2D eigenvalue weighted by atomic mass is 9.92. The van der Waals surface area contributed by atoms with Crippen LogP contribution in [0.3, 0.4) is 0 Å². The minimum atomic E-state index is -0.708. The number of aromatic amines is 1. The summed E-state index contributed by atoms with van der Waals surface area (Å²) < 4.78 is 21.6.